The summed E-state index contributed by atoms with van der Waals surface area (Å²) in [6, 6.07) is 2.98. The van der Waals surface area contributed by atoms with E-state index in [0.29, 0.717) is 12.0 Å². The second-order valence-electron chi connectivity index (χ2n) is 3.87. The van der Waals surface area contributed by atoms with Crippen molar-refractivity contribution in [2.45, 2.75) is 25.7 Å². The summed E-state index contributed by atoms with van der Waals surface area (Å²) in [4.78, 5) is 21.2. The van der Waals surface area contributed by atoms with Crippen molar-refractivity contribution < 1.29 is 14.8 Å². The summed E-state index contributed by atoms with van der Waals surface area (Å²) in [5.41, 5.74) is 1.16. The van der Waals surface area contributed by atoms with E-state index in [1.807, 2.05) is 0 Å². The van der Waals surface area contributed by atoms with Gasteiger partial charge in [-0.3, -0.25) is 10.1 Å². The van der Waals surface area contributed by atoms with Gasteiger partial charge in [-0.05, 0) is 36.8 Å². The van der Waals surface area contributed by atoms with Gasteiger partial charge in [-0.15, -0.1) is 0 Å². The van der Waals surface area contributed by atoms with Gasteiger partial charge in [0.2, 0.25) is 0 Å². The number of nitro benzene ring substituents is 1. The van der Waals surface area contributed by atoms with Gasteiger partial charge < -0.3 is 5.11 Å². The summed E-state index contributed by atoms with van der Waals surface area (Å²) in [5, 5.41) is 19.8. The number of aryl methyl sites for hydroxylation is 1. The molecule has 1 aromatic carbocycles. The molecule has 0 aromatic heterocycles. The highest BCUT2D eigenvalue weighted by atomic mass is 16.6. The largest absolute Gasteiger partial charge is 0.477 e. The minimum absolute atomic E-state index is 0.123. The molecule has 0 saturated carbocycles. The second-order valence-corrected chi connectivity index (χ2v) is 3.87. The zero-order valence-electron chi connectivity index (χ0n) is 8.60. The van der Waals surface area contributed by atoms with Crippen molar-refractivity contribution >= 4 is 11.7 Å². The van der Waals surface area contributed by atoms with Crippen LogP contribution < -0.4 is 0 Å². The van der Waals surface area contributed by atoms with Gasteiger partial charge in [0.1, 0.15) is 5.56 Å². The Balaban J connectivity index is 2.66. The number of hydrogen-bond donors (Lipinski definition) is 1. The van der Waals surface area contributed by atoms with Crippen LogP contribution in [0.25, 0.3) is 0 Å². The number of fused-ring (bicyclic) bond motifs is 1. The zero-order valence-corrected chi connectivity index (χ0v) is 8.60. The fourth-order valence-corrected chi connectivity index (χ4v) is 2.21. The van der Waals surface area contributed by atoms with E-state index in [1.165, 1.54) is 6.07 Å². The summed E-state index contributed by atoms with van der Waals surface area (Å²) < 4.78 is 0. The average Bonchev–Trinajstić information content (AvgIpc) is 2.27. The molecular weight excluding hydrogens is 210 g/mol. The molecule has 5 nitrogen and oxygen atoms in total. The van der Waals surface area contributed by atoms with Crippen LogP contribution in [-0.4, -0.2) is 16.0 Å². The van der Waals surface area contributed by atoms with Crippen LogP contribution in [0.5, 0.6) is 0 Å². The molecule has 0 unspecified atom stereocenters. The Morgan fingerprint density at radius 3 is 2.62 bits per heavy atom. The van der Waals surface area contributed by atoms with Crippen molar-refractivity contribution in [3.05, 3.63) is 38.9 Å². The molecule has 0 amide bonds. The van der Waals surface area contributed by atoms with E-state index >= 15 is 0 Å². The van der Waals surface area contributed by atoms with E-state index < -0.39 is 10.9 Å². The average molecular weight is 221 g/mol. The first-order valence-corrected chi connectivity index (χ1v) is 5.13. The first-order chi connectivity index (χ1) is 7.61. The lowest BCUT2D eigenvalue weighted by Gasteiger charge is -2.17. The van der Waals surface area contributed by atoms with Gasteiger partial charge >= 0.3 is 5.97 Å². The molecule has 5 heteroatoms. The van der Waals surface area contributed by atoms with E-state index in [0.717, 1.165) is 24.8 Å². The quantitative estimate of drug-likeness (QED) is 0.613. The number of rotatable bonds is 2. The Hall–Kier alpha value is -1.91. The van der Waals surface area contributed by atoms with Crippen molar-refractivity contribution in [1.82, 2.24) is 0 Å². The highest BCUT2D eigenvalue weighted by molar-refractivity contribution is 5.94. The Morgan fingerprint density at radius 2 is 2.00 bits per heavy atom. The van der Waals surface area contributed by atoms with Crippen LogP contribution in [0.4, 0.5) is 5.69 Å². The second kappa shape index (κ2) is 3.92. The van der Waals surface area contributed by atoms with E-state index in [1.54, 1.807) is 6.07 Å². The zero-order chi connectivity index (χ0) is 11.7. The van der Waals surface area contributed by atoms with Crippen molar-refractivity contribution in [3.63, 3.8) is 0 Å². The first kappa shape index (κ1) is 10.6. The molecule has 84 valence electrons. The molecule has 0 aliphatic heterocycles. The van der Waals surface area contributed by atoms with Crippen LogP contribution in [0.2, 0.25) is 0 Å². The lowest BCUT2D eigenvalue weighted by molar-refractivity contribution is -0.385. The molecule has 0 heterocycles. The Bertz CT molecular complexity index is 467. The molecule has 0 atom stereocenters. The standard InChI is InChI=1S/C11H11NO4/c13-11(14)10-8-4-2-1-3-7(8)5-6-9(10)12(15)16/h5-6H,1-4H2,(H,13,14). The van der Waals surface area contributed by atoms with E-state index in [9.17, 15) is 14.9 Å². The number of benzene rings is 1. The van der Waals surface area contributed by atoms with Crippen LogP contribution in [0, 0.1) is 10.1 Å². The van der Waals surface area contributed by atoms with Crippen LogP contribution in [0.1, 0.15) is 34.3 Å². The normalized spacial score (nSPS) is 14.2. The fourth-order valence-electron chi connectivity index (χ4n) is 2.21. The van der Waals surface area contributed by atoms with Crippen molar-refractivity contribution in [2.24, 2.45) is 0 Å². The molecule has 1 aliphatic rings. The van der Waals surface area contributed by atoms with Gasteiger partial charge in [0.15, 0.2) is 0 Å². The van der Waals surface area contributed by atoms with Crippen LogP contribution in [0.15, 0.2) is 12.1 Å². The molecule has 1 N–H and O–H groups in total. The van der Waals surface area contributed by atoms with Gasteiger partial charge in [0.05, 0.1) is 4.92 Å². The maximum Gasteiger partial charge on any atom is 0.343 e. The summed E-state index contributed by atoms with van der Waals surface area (Å²) in [6.45, 7) is 0. The summed E-state index contributed by atoms with van der Waals surface area (Å²) >= 11 is 0. The highest BCUT2D eigenvalue weighted by Gasteiger charge is 2.26. The van der Waals surface area contributed by atoms with E-state index in [-0.39, 0.29) is 11.3 Å². The van der Waals surface area contributed by atoms with Crippen molar-refractivity contribution in [3.8, 4) is 0 Å². The third-order valence-electron chi connectivity index (χ3n) is 2.92. The topological polar surface area (TPSA) is 80.4 Å². The molecule has 1 aromatic rings. The number of nitro groups is 1. The number of carboxylic acid groups (broad SMARTS) is 1. The third-order valence-corrected chi connectivity index (χ3v) is 2.92. The molecule has 16 heavy (non-hydrogen) atoms. The first-order valence-electron chi connectivity index (χ1n) is 5.13. The summed E-state index contributed by atoms with van der Waals surface area (Å²) in [7, 11) is 0. The van der Waals surface area contributed by atoms with Gasteiger partial charge in [-0.2, -0.15) is 0 Å². The molecule has 2 rings (SSSR count). The van der Waals surface area contributed by atoms with E-state index in [2.05, 4.69) is 0 Å². The molecule has 0 spiro atoms. The number of nitrogens with zero attached hydrogens (tertiary/aromatic N) is 1. The molecule has 0 bridgehead atoms. The molecule has 0 saturated heterocycles. The number of carbonyl (C=O) groups is 1. The summed E-state index contributed by atoms with van der Waals surface area (Å²) in [5.74, 6) is -1.20. The minimum Gasteiger partial charge on any atom is -0.477 e. The van der Waals surface area contributed by atoms with Gasteiger partial charge in [-0.25, -0.2) is 4.79 Å². The molecule has 0 fully saturated rings. The predicted molar refractivity (Wildman–Crippen MR) is 56.7 cm³/mol. The monoisotopic (exact) mass is 221 g/mol. The lowest BCUT2D eigenvalue weighted by Crippen LogP contribution is -2.12. The number of carboxylic acids is 1. The summed E-state index contributed by atoms with van der Waals surface area (Å²) in [6.07, 6.45) is 3.35. The highest BCUT2D eigenvalue weighted by Crippen LogP contribution is 2.30. The van der Waals surface area contributed by atoms with E-state index in [4.69, 9.17) is 5.11 Å². The Kier molecular flexibility index (Phi) is 2.60. The number of aromatic carboxylic acids is 1. The third kappa shape index (κ3) is 1.64. The lowest BCUT2D eigenvalue weighted by atomic mass is 9.87. The minimum atomic E-state index is -1.20. The van der Waals surface area contributed by atoms with Gasteiger partial charge in [0.25, 0.3) is 5.69 Å². The van der Waals surface area contributed by atoms with Gasteiger partial charge in [0, 0.05) is 6.07 Å². The van der Waals surface area contributed by atoms with Crippen molar-refractivity contribution in [1.29, 1.82) is 0 Å². The molecule has 0 radical (unpaired) electrons. The maximum absolute atomic E-state index is 11.1. The SMILES string of the molecule is O=C(O)c1c([N+](=O)[O-])ccc2c1CCCC2. The van der Waals surface area contributed by atoms with Crippen LogP contribution >= 0.6 is 0 Å². The smallest absolute Gasteiger partial charge is 0.343 e. The fraction of sp³-hybridized carbons (Fsp3) is 0.364. The van der Waals surface area contributed by atoms with Crippen LogP contribution in [0.3, 0.4) is 0 Å². The molecular formula is C11H11NO4. The molecule has 1 aliphatic carbocycles. The number of hydrogen-bond acceptors (Lipinski definition) is 3. The van der Waals surface area contributed by atoms with Crippen molar-refractivity contribution in [2.75, 3.05) is 0 Å². The predicted octanol–water partition coefficient (Wildman–Crippen LogP) is 2.17. The Morgan fingerprint density at radius 1 is 1.31 bits per heavy atom. The van der Waals surface area contributed by atoms with Crippen LogP contribution in [-0.2, 0) is 12.8 Å². The maximum atomic E-state index is 11.1. The Labute approximate surface area is 91.9 Å². The van der Waals surface area contributed by atoms with Gasteiger partial charge in [-0.1, -0.05) is 6.07 Å².